The molecule has 0 aliphatic rings. The fraction of sp³-hybridized carbons (Fsp3) is 0.800. The number of ether oxygens (including phenoxy) is 2. The molecular formula is C10H19NO4. The van der Waals surface area contributed by atoms with Crippen molar-refractivity contribution in [2.24, 2.45) is 0 Å². The number of rotatable bonds is 7. The Labute approximate surface area is 90.1 Å². The highest BCUT2D eigenvalue weighted by Gasteiger charge is 2.14. The van der Waals surface area contributed by atoms with Gasteiger partial charge in [-0.1, -0.05) is 0 Å². The van der Waals surface area contributed by atoms with Crippen LogP contribution in [0.4, 0.5) is 0 Å². The molecule has 0 fully saturated rings. The van der Waals surface area contributed by atoms with Crippen LogP contribution in [-0.2, 0) is 19.1 Å². The summed E-state index contributed by atoms with van der Waals surface area (Å²) in [7, 11) is 1.29. The average Bonchev–Trinajstić information content (AvgIpc) is 2.23. The van der Waals surface area contributed by atoms with Crippen molar-refractivity contribution < 1.29 is 19.1 Å². The minimum absolute atomic E-state index is 0.160. The molecule has 0 aliphatic heterocycles. The van der Waals surface area contributed by atoms with Crippen LogP contribution in [0.25, 0.3) is 0 Å². The van der Waals surface area contributed by atoms with Gasteiger partial charge in [-0.3, -0.25) is 4.79 Å². The summed E-state index contributed by atoms with van der Waals surface area (Å²) in [5.41, 5.74) is 0. The summed E-state index contributed by atoms with van der Waals surface area (Å²) in [6.07, 6.45) is 1.02. The van der Waals surface area contributed by atoms with Crippen molar-refractivity contribution in [1.82, 2.24) is 5.32 Å². The summed E-state index contributed by atoms with van der Waals surface area (Å²) in [4.78, 5) is 22.2. The maximum Gasteiger partial charge on any atom is 0.328 e. The average molecular weight is 217 g/mol. The van der Waals surface area contributed by atoms with Gasteiger partial charge in [-0.25, -0.2) is 4.79 Å². The molecule has 0 radical (unpaired) electrons. The maximum atomic E-state index is 11.3. The van der Waals surface area contributed by atoms with Crippen LogP contribution in [0.2, 0.25) is 0 Å². The van der Waals surface area contributed by atoms with Crippen LogP contribution in [0.15, 0.2) is 0 Å². The van der Waals surface area contributed by atoms with Crippen molar-refractivity contribution in [2.45, 2.75) is 32.7 Å². The van der Waals surface area contributed by atoms with Gasteiger partial charge in [0.2, 0.25) is 5.91 Å². The third-order valence-corrected chi connectivity index (χ3v) is 1.83. The first-order chi connectivity index (χ1) is 7.11. The van der Waals surface area contributed by atoms with E-state index in [1.54, 1.807) is 6.92 Å². The van der Waals surface area contributed by atoms with Gasteiger partial charge < -0.3 is 14.8 Å². The quantitative estimate of drug-likeness (QED) is 0.497. The summed E-state index contributed by atoms with van der Waals surface area (Å²) in [5.74, 6) is -0.597. The van der Waals surface area contributed by atoms with Crippen LogP contribution in [0.5, 0.6) is 0 Å². The molecule has 0 aromatic carbocycles. The highest BCUT2D eigenvalue weighted by atomic mass is 16.5. The zero-order chi connectivity index (χ0) is 11.7. The second-order valence-corrected chi connectivity index (χ2v) is 3.11. The van der Waals surface area contributed by atoms with Crippen molar-refractivity contribution in [1.29, 1.82) is 0 Å². The van der Waals surface area contributed by atoms with E-state index in [0.29, 0.717) is 26.1 Å². The zero-order valence-electron chi connectivity index (χ0n) is 9.54. The van der Waals surface area contributed by atoms with Gasteiger partial charge in [0.1, 0.15) is 6.04 Å². The van der Waals surface area contributed by atoms with E-state index in [4.69, 9.17) is 4.74 Å². The molecular weight excluding hydrogens is 198 g/mol. The fourth-order valence-electron chi connectivity index (χ4n) is 1.03. The number of esters is 1. The second-order valence-electron chi connectivity index (χ2n) is 3.11. The molecule has 0 saturated heterocycles. The van der Waals surface area contributed by atoms with E-state index in [1.807, 2.05) is 6.92 Å². The molecule has 5 heteroatoms. The molecule has 15 heavy (non-hydrogen) atoms. The van der Waals surface area contributed by atoms with Crippen molar-refractivity contribution in [3.8, 4) is 0 Å². The van der Waals surface area contributed by atoms with Crippen LogP contribution in [0.1, 0.15) is 26.7 Å². The topological polar surface area (TPSA) is 64.6 Å². The Morgan fingerprint density at radius 3 is 2.60 bits per heavy atom. The zero-order valence-corrected chi connectivity index (χ0v) is 9.54. The Kier molecular flexibility index (Phi) is 7.62. The van der Waals surface area contributed by atoms with Crippen molar-refractivity contribution in [3.63, 3.8) is 0 Å². The first-order valence-corrected chi connectivity index (χ1v) is 5.06. The molecule has 0 spiro atoms. The van der Waals surface area contributed by atoms with Gasteiger partial charge in [-0.05, 0) is 20.3 Å². The normalized spacial score (nSPS) is 11.9. The molecule has 1 N–H and O–H groups in total. The Balaban J connectivity index is 3.60. The summed E-state index contributed by atoms with van der Waals surface area (Å²) in [6, 6.07) is -0.588. The highest BCUT2D eigenvalue weighted by molar-refractivity contribution is 5.83. The molecule has 0 aromatic rings. The van der Waals surface area contributed by atoms with E-state index in [9.17, 15) is 9.59 Å². The second kappa shape index (κ2) is 8.23. The lowest BCUT2D eigenvalue weighted by atomic mass is 10.2. The smallest absolute Gasteiger partial charge is 0.328 e. The molecule has 1 unspecified atom stereocenters. The first kappa shape index (κ1) is 13.9. The van der Waals surface area contributed by atoms with Crippen LogP contribution < -0.4 is 5.32 Å². The number of carbonyl (C=O) groups excluding carboxylic acids is 2. The lowest BCUT2D eigenvalue weighted by molar-refractivity contribution is -0.144. The summed E-state index contributed by atoms with van der Waals surface area (Å²) < 4.78 is 9.56. The van der Waals surface area contributed by atoms with E-state index in [0.717, 1.165) is 0 Å². The van der Waals surface area contributed by atoms with Crippen molar-refractivity contribution in [2.75, 3.05) is 20.3 Å². The number of methoxy groups -OCH3 is 1. The standard InChI is InChI=1S/C10H19NO4/c1-4-15-7-5-6-9(12)11-8(2)10(13)14-3/h8H,4-7H2,1-3H3,(H,11,12). The van der Waals surface area contributed by atoms with Crippen molar-refractivity contribution in [3.05, 3.63) is 0 Å². The van der Waals surface area contributed by atoms with E-state index >= 15 is 0 Å². The molecule has 5 nitrogen and oxygen atoms in total. The molecule has 0 rings (SSSR count). The Morgan fingerprint density at radius 2 is 2.07 bits per heavy atom. The maximum absolute atomic E-state index is 11.3. The van der Waals surface area contributed by atoms with Crippen LogP contribution in [-0.4, -0.2) is 38.2 Å². The molecule has 1 amide bonds. The van der Waals surface area contributed by atoms with Gasteiger partial charge in [0.05, 0.1) is 7.11 Å². The number of amides is 1. The molecule has 0 saturated carbocycles. The van der Waals surface area contributed by atoms with Crippen LogP contribution >= 0.6 is 0 Å². The molecule has 88 valence electrons. The molecule has 0 aliphatic carbocycles. The summed E-state index contributed by atoms with van der Waals surface area (Å²) in [6.45, 7) is 4.71. The first-order valence-electron chi connectivity index (χ1n) is 5.06. The number of hydrogen-bond acceptors (Lipinski definition) is 4. The van der Waals surface area contributed by atoms with Gasteiger partial charge in [0.25, 0.3) is 0 Å². The Hall–Kier alpha value is -1.10. The lowest BCUT2D eigenvalue weighted by Crippen LogP contribution is -2.39. The number of carbonyl (C=O) groups is 2. The Bertz CT molecular complexity index is 206. The van der Waals surface area contributed by atoms with Gasteiger partial charge in [0.15, 0.2) is 0 Å². The van der Waals surface area contributed by atoms with Crippen LogP contribution in [0, 0.1) is 0 Å². The van der Waals surface area contributed by atoms with Gasteiger partial charge in [0, 0.05) is 19.6 Å². The third-order valence-electron chi connectivity index (χ3n) is 1.83. The summed E-state index contributed by atoms with van der Waals surface area (Å²) >= 11 is 0. The number of hydrogen-bond donors (Lipinski definition) is 1. The van der Waals surface area contributed by atoms with Gasteiger partial charge in [-0.15, -0.1) is 0 Å². The summed E-state index contributed by atoms with van der Waals surface area (Å²) in [5, 5.41) is 2.54. The van der Waals surface area contributed by atoms with Gasteiger partial charge >= 0.3 is 5.97 Å². The van der Waals surface area contributed by atoms with Gasteiger partial charge in [-0.2, -0.15) is 0 Å². The SMILES string of the molecule is CCOCCCC(=O)NC(C)C(=O)OC. The van der Waals surface area contributed by atoms with Crippen LogP contribution in [0.3, 0.4) is 0 Å². The Morgan fingerprint density at radius 1 is 1.40 bits per heavy atom. The monoisotopic (exact) mass is 217 g/mol. The predicted octanol–water partition coefficient (Wildman–Crippen LogP) is 0.481. The highest BCUT2D eigenvalue weighted by Crippen LogP contribution is 1.93. The molecule has 0 heterocycles. The minimum Gasteiger partial charge on any atom is -0.467 e. The fourth-order valence-corrected chi connectivity index (χ4v) is 1.03. The molecule has 1 atom stereocenters. The van der Waals surface area contributed by atoms with Crippen molar-refractivity contribution >= 4 is 11.9 Å². The third kappa shape index (κ3) is 6.90. The molecule has 0 aromatic heterocycles. The lowest BCUT2D eigenvalue weighted by Gasteiger charge is -2.11. The minimum atomic E-state index is -0.588. The van der Waals surface area contributed by atoms with E-state index in [1.165, 1.54) is 7.11 Å². The number of nitrogens with one attached hydrogen (secondary N) is 1. The van der Waals surface area contributed by atoms with E-state index in [2.05, 4.69) is 10.1 Å². The van der Waals surface area contributed by atoms with E-state index < -0.39 is 12.0 Å². The van der Waals surface area contributed by atoms with E-state index in [-0.39, 0.29) is 5.91 Å². The largest absolute Gasteiger partial charge is 0.467 e. The predicted molar refractivity (Wildman–Crippen MR) is 55.3 cm³/mol. The molecule has 0 bridgehead atoms.